The van der Waals surface area contributed by atoms with Gasteiger partial charge in [-0.25, -0.2) is 0 Å². The lowest BCUT2D eigenvalue weighted by Gasteiger charge is -2.26. The van der Waals surface area contributed by atoms with E-state index in [4.69, 9.17) is 4.74 Å². The minimum absolute atomic E-state index is 0.0819. The second kappa shape index (κ2) is 9.07. The summed E-state index contributed by atoms with van der Waals surface area (Å²) in [6.07, 6.45) is 3.36. The van der Waals surface area contributed by atoms with Gasteiger partial charge in [0.15, 0.2) is 0 Å². The molecule has 1 heterocycles. The van der Waals surface area contributed by atoms with Crippen LogP contribution in [-0.4, -0.2) is 43.5 Å². The number of anilines is 2. The van der Waals surface area contributed by atoms with Crippen molar-refractivity contribution in [1.29, 1.82) is 0 Å². The molecule has 0 aromatic heterocycles. The lowest BCUT2D eigenvalue weighted by Crippen LogP contribution is -2.35. The number of piperidine rings is 1. The molecule has 0 saturated carbocycles. The number of carbonyl (C=O) groups is 2. The van der Waals surface area contributed by atoms with Gasteiger partial charge in [0, 0.05) is 30.0 Å². The number of rotatable bonds is 6. The SMILES string of the molecule is COc1ccc(NC(=O)CNc2ccc(C(=O)N3CCCCC3)cc2)cc1. The Hall–Kier alpha value is -3.02. The number of nitrogens with one attached hydrogen (secondary N) is 2. The molecule has 1 fully saturated rings. The predicted octanol–water partition coefficient (Wildman–Crippen LogP) is 3.37. The lowest BCUT2D eigenvalue weighted by atomic mass is 10.1. The Morgan fingerprint density at radius 3 is 2.19 bits per heavy atom. The fraction of sp³-hybridized carbons (Fsp3) is 0.333. The molecule has 1 saturated heterocycles. The normalized spacial score (nSPS) is 13.7. The first-order chi connectivity index (χ1) is 13.2. The van der Waals surface area contributed by atoms with Gasteiger partial charge in [0.1, 0.15) is 5.75 Å². The van der Waals surface area contributed by atoms with Crippen LogP contribution in [-0.2, 0) is 4.79 Å². The summed E-state index contributed by atoms with van der Waals surface area (Å²) in [7, 11) is 1.60. The molecule has 1 aliphatic rings. The van der Waals surface area contributed by atoms with Gasteiger partial charge >= 0.3 is 0 Å². The molecule has 0 atom stereocenters. The van der Waals surface area contributed by atoms with Crippen molar-refractivity contribution in [2.45, 2.75) is 19.3 Å². The minimum atomic E-state index is -0.145. The van der Waals surface area contributed by atoms with Crippen LogP contribution in [0.1, 0.15) is 29.6 Å². The van der Waals surface area contributed by atoms with Crippen LogP contribution < -0.4 is 15.4 Å². The minimum Gasteiger partial charge on any atom is -0.497 e. The van der Waals surface area contributed by atoms with E-state index in [0.717, 1.165) is 37.4 Å². The van der Waals surface area contributed by atoms with Crippen LogP contribution >= 0.6 is 0 Å². The highest BCUT2D eigenvalue weighted by Crippen LogP contribution is 2.16. The van der Waals surface area contributed by atoms with Gasteiger partial charge in [0.25, 0.3) is 5.91 Å². The molecular weight excluding hydrogens is 342 g/mol. The molecule has 2 aromatic rings. The van der Waals surface area contributed by atoms with E-state index in [1.807, 2.05) is 17.0 Å². The average molecular weight is 367 g/mol. The van der Waals surface area contributed by atoms with Crippen LogP contribution in [0, 0.1) is 0 Å². The molecule has 142 valence electrons. The van der Waals surface area contributed by atoms with Gasteiger partial charge in [-0.1, -0.05) is 0 Å². The third kappa shape index (κ3) is 5.23. The highest BCUT2D eigenvalue weighted by atomic mass is 16.5. The molecule has 1 aliphatic heterocycles. The van der Waals surface area contributed by atoms with Crippen LogP contribution in [0.5, 0.6) is 5.75 Å². The third-order valence-corrected chi connectivity index (χ3v) is 4.60. The van der Waals surface area contributed by atoms with Crippen molar-refractivity contribution in [3.05, 3.63) is 54.1 Å². The maximum atomic E-state index is 12.5. The van der Waals surface area contributed by atoms with E-state index in [9.17, 15) is 9.59 Å². The summed E-state index contributed by atoms with van der Waals surface area (Å²) in [5.41, 5.74) is 2.20. The summed E-state index contributed by atoms with van der Waals surface area (Å²) in [4.78, 5) is 26.4. The number of likely N-dealkylation sites (tertiary alicyclic amines) is 1. The fourth-order valence-electron chi connectivity index (χ4n) is 3.07. The second-order valence-corrected chi connectivity index (χ2v) is 6.56. The van der Waals surface area contributed by atoms with E-state index in [2.05, 4.69) is 10.6 Å². The van der Waals surface area contributed by atoms with Gasteiger partial charge in [-0.05, 0) is 67.8 Å². The quantitative estimate of drug-likeness (QED) is 0.821. The molecule has 27 heavy (non-hydrogen) atoms. The van der Waals surface area contributed by atoms with E-state index in [-0.39, 0.29) is 18.4 Å². The topological polar surface area (TPSA) is 70.7 Å². The Kier molecular flexibility index (Phi) is 6.30. The zero-order valence-electron chi connectivity index (χ0n) is 15.5. The number of carbonyl (C=O) groups excluding carboxylic acids is 2. The average Bonchev–Trinajstić information content (AvgIpc) is 2.73. The molecule has 0 bridgehead atoms. The van der Waals surface area contributed by atoms with Crippen LogP contribution in [0.25, 0.3) is 0 Å². The van der Waals surface area contributed by atoms with Gasteiger partial charge < -0.3 is 20.3 Å². The van der Waals surface area contributed by atoms with Gasteiger partial charge in [-0.2, -0.15) is 0 Å². The number of amides is 2. The van der Waals surface area contributed by atoms with Gasteiger partial charge in [-0.15, -0.1) is 0 Å². The number of benzene rings is 2. The smallest absolute Gasteiger partial charge is 0.253 e. The highest BCUT2D eigenvalue weighted by Gasteiger charge is 2.17. The number of nitrogens with zero attached hydrogens (tertiary/aromatic N) is 1. The van der Waals surface area contributed by atoms with Crippen LogP contribution in [0.15, 0.2) is 48.5 Å². The zero-order valence-corrected chi connectivity index (χ0v) is 15.5. The van der Waals surface area contributed by atoms with Crippen molar-refractivity contribution in [2.24, 2.45) is 0 Å². The van der Waals surface area contributed by atoms with Crippen molar-refractivity contribution < 1.29 is 14.3 Å². The molecule has 0 unspecified atom stereocenters. The third-order valence-electron chi connectivity index (χ3n) is 4.60. The number of hydrogen-bond donors (Lipinski definition) is 2. The fourth-order valence-corrected chi connectivity index (χ4v) is 3.07. The molecular formula is C21H25N3O3. The van der Waals surface area contributed by atoms with Crippen molar-refractivity contribution in [2.75, 3.05) is 37.4 Å². The molecule has 6 nitrogen and oxygen atoms in total. The summed E-state index contributed by atoms with van der Waals surface area (Å²) in [6, 6.07) is 14.4. The number of ether oxygens (including phenoxy) is 1. The molecule has 2 amide bonds. The van der Waals surface area contributed by atoms with Crippen LogP contribution in [0.3, 0.4) is 0 Å². The Balaban J connectivity index is 1.49. The maximum absolute atomic E-state index is 12.5. The first-order valence-corrected chi connectivity index (χ1v) is 9.23. The standard InChI is InChI=1S/C21H25N3O3/c1-27-19-11-9-18(10-12-19)23-20(25)15-22-17-7-5-16(6-8-17)21(26)24-13-3-2-4-14-24/h5-12,22H,2-4,13-15H2,1H3,(H,23,25). The molecule has 2 N–H and O–H groups in total. The number of methoxy groups -OCH3 is 1. The van der Waals surface area contributed by atoms with Crippen molar-refractivity contribution >= 4 is 23.2 Å². The molecule has 0 spiro atoms. The van der Waals surface area contributed by atoms with Crippen molar-refractivity contribution in [3.8, 4) is 5.75 Å². The van der Waals surface area contributed by atoms with Gasteiger partial charge in [-0.3, -0.25) is 9.59 Å². The molecule has 3 rings (SSSR count). The first kappa shape index (κ1) is 18.8. The predicted molar refractivity (Wildman–Crippen MR) is 106 cm³/mol. The Labute approximate surface area is 159 Å². The van der Waals surface area contributed by atoms with E-state index in [1.165, 1.54) is 6.42 Å². The molecule has 0 radical (unpaired) electrons. The second-order valence-electron chi connectivity index (χ2n) is 6.56. The Bertz CT molecular complexity index is 766. The van der Waals surface area contributed by atoms with Gasteiger partial charge in [0.05, 0.1) is 13.7 Å². The first-order valence-electron chi connectivity index (χ1n) is 9.23. The summed E-state index contributed by atoms with van der Waals surface area (Å²) < 4.78 is 5.09. The summed E-state index contributed by atoms with van der Waals surface area (Å²) >= 11 is 0. The molecule has 2 aromatic carbocycles. The van der Waals surface area contributed by atoms with E-state index >= 15 is 0 Å². The van der Waals surface area contributed by atoms with E-state index in [1.54, 1.807) is 43.5 Å². The zero-order chi connectivity index (χ0) is 19.1. The molecule has 6 heteroatoms. The maximum Gasteiger partial charge on any atom is 0.253 e. The number of hydrogen-bond acceptors (Lipinski definition) is 4. The molecule has 0 aliphatic carbocycles. The van der Waals surface area contributed by atoms with Crippen LogP contribution in [0.4, 0.5) is 11.4 Å². The van der Waals surface area contributed by atoms with Gasteiger partial charge in [0.2, 0.25) is 5.91 Å². The Morgan fingerprint density at radius 2 is 1.56 bits per heavy atom. The lowest BCUT2D eigenvalue weighted by molar-refractivity contribution is -0.114. The monoisotopic (exact) mass is 367 g/mol. The van der Waals surface area contributed by atoms with E-state index in [0.29, 0.717) is 11.3 Å². The summed E-state index contributed by atoms with van der Waals surface area (Å²) in [5, 5.41) is 5.89. The summed E-state index contributed by atoms with van der Waals surface area (Å²) in [5.74, 6) is 0.678. The van der Waals surface area contributed by atoms with E-state index < -0.39 is 0 Å². The van der Waals surface area contributed by atoms with Crippen LogP contribution in [0.2, 0.25) is 0 Å². The Morgan fingerprint density at radius 1 is 0.926 bits per heavy atom. The van der Waals surface area contributed by atoms with Crippen molar-refractivity contribution in [1.82, 2.24) is 4.90 Å². The largest absolute Gasteiger partial charge is 0.497 e. The van der Waals surface area contributed by atoms with Crippen molar-refractivity contribution in [3.63, 3.8) is 0 Å². The summed E-state index contributed by atoms with van der Waals surface area (Å²) in [6.45, 7) is 1.82. The highest BCUT2D eigenvalue weighted by molar-refractivity contribution is 5.95.